The molecule has 36 heavy (non-hydrogen) atoms. The van der Waals surface area contributed by atoms with Gasteiger partial charge in [-0.2, -0.15) is 0 Å². The van der Waals surface area contributed by atoms with Crippen molar-refractivity contribution in [3.05, 3.63) is 82.8 Å². The van der Waals surface area contributed by atoms with E-state index >= 15 is 0 Å². The van der Waals surface area contributed by atoms with Crippen LogP contribution in [0, 0.1) is 11.8 Å². The Bertz CT molecular complexity index is 1720. The number of rotatable bonds is 5. The first kappa shape index (κ1) is 22.5. The number of hydrogen-bond acceptors (Lipinski definition) is 8. The number of carbonyl (C=O) groups excluding carboxylic acids is 1. The second-order valence-corrected chi connectivity index (χ2v) is 7.72. The Hall–Kier alpha value is -5.30. The van der Waals surface area contributed by atoms with Crippen LogP contribution in [0.15, 0.2) is 66.0 Å². The van der Waals surface area contributed by atoms with Gasteiger partial charge in [-0.25, -0.2) is 15.0 Å². The highest BCUT2D eigenvalue weighted by Gasteiger charge is 2.15. The second kappa shape index (κ2) is 9.52. The van der Waals surface area contributed by atoms with Gasteiger partial charge in [-0.05, 0) is 23.8 Å². The van der Waals surface area contributed by atoms with Gasteiger partial charge in [-0.3, -0.25) is 14.6 Å². The summed E-state index contributed by atoms with van der Waals surface area (Å²) in [6.07, 6.45) is 6.42. The van der Waals surface area contributed by atoms with Crippen LogP contribution in [-0.2, 0) is 11.3 Å². The fourth-order valence-electron chi connectivity index (χ4n) is 3.80. The SMILES string of the molecule is COc1ncc(-c2ccc3c(NCc4ccccn4)nc4c(C#CC(N)=O)c[nH]c(=O)c4c3c2)cn1. The number of H-pyrrole nitrogens is 1. The molecule has 0 atom stereocenters. The van der Waals surface area contributed by atoms with Gasteiger partial charge in [0, 0.05) is 47.0 Å². The minimum atomic E-state index is -0.787. The van der Waals surface area contributed by atoms with Crippen LogP contribution in [0.25, 0.3) is 32.8 Å². The summed E-state index contributed by atoms with van der Waals surface area (Å²) in [5.41, 5.74) is 7.92. The monoisotopic (exact) mass is 477 g/mol. The van der Waals surface area contributed by atoms with Crippen LogP contribution in [0.4, 0.5) is 5.82 Å². The quantitative estimate of drug-likeness (QED) is 0.258. The highest BCUT2D eigenvalue weighted by molar-refractivity contribution is 6.12. The maximum absolute atomic E-state index is 13.0. The molecule has 5 aromatic rings. The van der Waals surface area contributed by atoms with Gasteiger partial charge < -0.3 is 20.8 Å². The average Bonchev–Trinajstić information content (AvgIpc) is 2.91. The number of hydrogen-bond donors (Lipinski definition) is 3. The Kier molecular flexibility index (Phi) is 5.95. The first-order valence-electron chi connectivity index (χ1n) is 10.8. The lowest BCUT2D eigenvalue weighted by molar-refractivity contribution is -0.112. The van der Waals surface area contributed by atoms with Crippen LogP contribution < -0.4 is 21.3 Å². The largest absolute Gasteiger partial charge is 0.467 e. The number of fused-ring (bicyclic) bond motifs is 3. The van der Waals surface area contributed by atoms with Gasteiger partial charge in [0.15, 0.2) is 0 Å². The van der Waals surface area contributed by atoms with Crippen LogP contribution in [0.5, 0.6) is 6.01 Å². The van der Waals surface area contributed by atoms with Gasteiger partial charge >= 0.3 is 6.01 Å². The van der Waals surface area contributed by atoms with Gasteiger partial charge in [0.1, 0.15) is 5.82 Å². The minimum Gasteiger partial charge on any atom is -0.467 e. The van der Waals surface area contributed by atoms with Gasteiger partial charge in [-0.1, -0.05) is 24.1 Å². The molecular weight excluding hydrogens is 458 g/mol. The van der Waals surface area contributed by atoms with E-state index in [2.05, 4.69) is 37.1 Å². The molecule has 4 N–H and O–H groups in total. The number of nitrogens with zero attached hydrogens (tertiary/aromatic N) is 4. The maximum Gasteiger partial charge on any atom is 0.316 e. The topological polar surface area (TPSA) is 149 Å². The molecule has 0 aliphatic carbocycles. The molecule has 10 nitrogen and oxygen atoms in total. The Morgan fingerprint density at radius 1 is 1.11 bits per heavy atom. The van der Waals surface area contributed by atoms with Crippen LogP contribution in [-0.4, -0.2) is 37.9 Å². The number of carbonyl (C=O) groups is 1. The molecule has 4 aromatic heterocycles. The first-order chi connectivity index (χ1) is 17.5. The summed E-state index contributed by atoms with van der Waals surface area (Å²) in [5, 5.41) is 5.01. The second-order valence-electron chi connectivity index (χ2n) is 7.72. The van der Waals surface area contributed by atoms with Gasteiger partial charge in [0.25, 0.3) is 11.5 Å². The van der Waals surface area contributed by atoms with Crippen LogP contribution in [0.3, 0.4) is 0 Å². The summed E-state index contributed by atoms with van der Waals surface area (Å²) < 4.78 is 5.05. The Morgan fingerprint density at radius 3 is 2.67 bits per heavy atom. The number of amides is 1. The first-order valence-corrected chi connectivity index (χ1v) is 10.8. The molecule has 0 unspecified atom stereocenters. The Balaban J connectivity index is 1.74. The Labute approximate surface area is 204 Å². The van der Waals surface area contributed by atoms with Crippen molar-refractivity contribution in [2.75, 3.05) is 12.4 Å². The zero-order chi connectivity index (χ0) is 25.1. The molecule has 0 radical (unpaired) electrons. The molecule has 1 amide bonds. The minimum absolute atomic E-state index is 0.254. The number of benzene rings is 1. The number of aromatic nitrogens is 5. The summed E-state index contributed by atoms with van der Waals surface area (Å²) in [6, 6.07) is 11.5. The molecule has 0 saturated carbocycles. The van der Waals surface area contributed by atoms with Crippen molar-refractivity contribution in [3.63, 3.8) is 0 Å². The molecule has 0 saturated heterocycles. The molecule has 5 rings (SSSR count). The van der Waals surface area contributed by atoms with Crippen molar-refractivity contribution in [3.8, 4) is 29.0 Å². The molecule has 0 bridgehead atoms. The van der Waals surface area contributed by atoms with E-state index in [-0.39, 0.29) is 11.6 Å². The summed E-state index contributed by atoms with van der Waals surface area (Å²) in [5.74, 6) is 4.77. The van der Waals surface area contributed by atoms with Crippen LogP contribution in [0.2, 0.25) is 0 Å². The lowest BCUT2D eigenvalue weighted by atomic mass is 10.00. The van der Waals surface area contributed by atoms with Crippen molar-refractivity contribution in [2.45, 2.75) is 6.54 Å². The zero-order valence-corrected chi connectivity index (χ0v) is 19.1. The number of nitrogens with one attached hydrogen (secondary N) is 2. The summed E-state index contributed by atoms with van der Waals surface area (Å²) >= 11 is 0. The third-order valence-electron chi connectivity index (χ3n) is 5.46. The fourth-order valence-corrected chi connectivity index (χ4v) is 3.80. The van der Waals surface area contributed by atoms with Crippen LogP contribution >= 0.6 is 0 Å². The van der Waals surface area contributed by atoms with E-state index in [1.807, 2.05) is 36.4 Å². The maximum atomic E-state index is 13.0. The molecular formula is C26H19N7O3. The number of nitrogens with two attached hydrogens (primary N) is 1. The lowest BCUT2D eigenvalue weighted by Gasteiger charge is -2.13. The van der Waals surface area contributed by atoms with Gasteiger partial charge in [0.2, 0.25) is 0 Å². The van der Waals surface area contributed by atoms with E-state index in [4.69, 9.17) is 15.5 Å². The van der Waals surface area contributed by atoms with Crippen molar-refractivity contribution in [1.29, 1.82) is 0 Å². The van der Waals surface area contributed by atoms with E-state index in [1.54, 1.807) is 18.6 Å². The highest BCUT2D eigenvalue weighted by atomic mass is 16.5. The molecule has 1 aromatic carbocycles. The van der Waals surface area contributed by atoms with Crippen LogP contribution in [0.1, 0.15) is 11.3 Å². The average molecular weight is 477 g/mol. The van der Waals surface area contributed by atoms with E-state index < -0.39 is 5.91 Å². The number of methoxy groups -OCH3 is 1. The standard InChI is InChI=1S/C26H19N7O3/c1-36-26-31-12-17(13-32-26)15-5-7-19-20(10-15)22-23(16(6-8-21(27)34)11-30-25(22)35)33-24(19)29-14-18-4-2-3-9-28-18/h2-5,7,9-13H,14H2,1H3,(H2,27,34)(H,29,33)(H,30,35). The summed E-state index contributed by atoms with van der Waals surface area (Å²) in [6.45, 7) is 0.411. The van der Waals surface area contributed by atoms with Gasteiger partial charge in [0.05, 0.1) is 35.8 Å². The molecule has 0 fully saturated rings. The van der Waals surface area contributed by atoms with E-state index in [9.17, 15) is 9.59 Å². The fraction of sp³-hybridized carbons (Fsp3) is 0.0769. The number of aromatic amines is 1. The predicted octanol–water partition coefficient (Wildman–Crippen LogP) is 2.39. The number of pyridine rings is 3. The highest BCUT2D eigenvalue weighted by Crippen LogP contribution is 2.32. The third-order valence-corrected chi connectivity index (χ3v) is 5.46. The normalized spacial score (nSPS) is 10.6. The zero-order valence-electron chi connectivity index (χ0n) is 19.1. The number of ether oxygens (including phenoxy) is 1. The smallest absolute Gasteiger partial charge is 0.316 e. The van der Waals surface area contributed by atoms with E-state index in [1.165, 1.54) is 13.3 Å². The molecule has 0 spiro atoms. The van der Waals surface area contributed by atoms with E-state index in [0.29, 0.717) is 34.2 Å². The van der Waals surface area contributed by atoms with Crippen molar-refractivity contribution >= 4 is 33.4 Å². The third kappa shape index (κ3) is 4.41. The predicted molar refractivity (Wildman–Crippen MR) is 135 cm³/mol. The van der Waals surface area contributed by atoms with Crippen molar-refractivity contribution in [2.24, 2.45) is 5.73 Å². The lowest BCUT2D eigenvalue weighted by Crippen LogP contribution is -2.11. The van der Waals surface area contributed by atoms with Crippen molar-refractivity contribution < 1.29 is 9.53 Å². The molecule has 0 aliphatic rings. The summed E-state index contributed by atoms with van der Waals surface area (Å²) in [7, 11) is 1.49. The molecule has 0 aliphatic heterocycles. The number of anilines is 1. The number of primary amides is 1. The molecule has 4 heterocycles. The molecule has 176 valence electrons. The van der Waals surface area contributed by atoms with Gasteiger partial charge in [-0.15, -0.1) is 0 Å². The Morgan fingerprint density at radius 2 is 1.94 bits per heavy atom. The van der Waals surface area contributed by atoms with E-state index in [0.717, 1.165) is 22.2 Å². The van der Waals surface area contributed by atoms with Crippen molar-refractivity contribution in [1.82, 2.24) is 24.9 Å². The molecule has 10 heteroatoms. The summed E-state index contributed by atoms with van der Waals surface area (Å²) in [4.78, 5) is 44.4.